The summed E-state index contributed by atoms with van der Waals surface area (Å²) in [6, 6.07) is 2.28. The molecule has 0 spiro atoms. The number of ether oxygens (including phenoxy) is 1. The van der Waals surface area contributed by atoms with E-state index in [0.29, 0.717) is 13.0 Å². The van der Waals surface area contributed by atoms with Gasteiger partial charge in [-0.2, -0.15) is 0 Å². The van der Waals surface area contributed by atoms with Gasteiger partial charge in [0.25, 0.3) is 5.69 Å². The van der Waals surface area contributed by atoms with Gasteiger partial charge in [-0.1, -0.05) is 0 Å². The first kappa shape index (κ1) is 14.1. The van der Waals surface area contributed by atoms with E-state index in [1.54, 1.807) is 0 Å². The van der Waals surface area contributed by atoms with Gasteiger partial charge in [-0.3, -0.25) is 10.1 Å². The van der Waals surface area contributed by atoms with E-state index in [4.69, 9.17) is 15.6 Å². The van der Waals surface area contributed by atoms with Crippen molar-refractivity contribution >= 4 is 17.3 Å². The number of pyridine rings is 1. The largest absolute Gasteiger partial charge is 0.396 e. The standard InChI is InChI=1S/C10H16N4O4/c1-18-6-7(2-3-15)12-10-5-8(14(16)17)4-9(11)13-10/h4-5,7,15H,2-3,6H2,1H3,(H3,11,12,13). The molecule has 0 saturated carbocycles. The summed E-state index contributed by atoms with van der Waals surface area (Å²) in [5, 5.41) is 22.5. The van der Waals surface area contributed by atoms with E-state index >= 15 is 0 Å². The Morgan fingerprint density at radius 2 is 2.39 bits per heavy atom. The second kappa shape index (κ2) is 6.72. The molecular formula is C10H16N4O4. The van der Waals surface area contributed by atoms with E-state index in [-0.39, 0.29) is 30.0 Å². The summed E-state index contributed by atoms with van der Waals surface area (Å²) in [6.07, 6.45) is 0.443. The second-order valence-electron chi connectivity index (χ2n) is 3.70. The van der Waals surface area contributed by atoms with Crippen molar-refractivity contribution < 1.29 is 14.8 Å². The number of nitro groups is 1. The first-order chi connectivity index (χ1) is 8.56. The van der Waals surface area contributed by atoms with E-state index in [9.17, 15) is 10.1 Å². The topological polar surface area (TPSA) is 124 Å². The summed E-state index contributed by atoms with van der Waals surface area (Å²) in [4.78, 5) is 14.1. The monoisotopic (exact) mass is 256 g/mol. The van der Waals surface area contributed by atoms with Gasteiger partial charge < -0.3 is 20.9 Å². The van der Waals surface area contributed by atoms with Gasteiger partial charge in [-0.25, -0.2) is 4.98 Å². The summed E-state index contributed by atoms with van der Waals surface area (Å²) in [5.41, 5.74) is 5.35. The molecule has 1 rings (SSSR count). The van der Waals surface area contributed by atoms with Gasteiger partial charge in [-0.05, 0) is 6.42 Å². The van der Waals surface area contributed by atoms with Crippen molar-refractivity contribution in [1.29, 1.82) is 0 Å². The number of nitrogens with two attached hydrogens (primary N) is 1. The molecule has 1 aromatic rings. The third kappa shape index (κ3) is 4.15. The number of hydrogen-bond acceptors (Lipinski definition) is 7. The van der Waals surface area contributed by atoms with Crippen LogP contribution in [0.5, 0.6) is 0 Å². The fraction of sp³-hybridized carbons (Fsp3) is 0.500. The molecule has 100 valence electrons. The molecule has 0 aliphatic rings. The van der Waals surface area contributed by atoms with Crippen LogP contribution in [-0.2, 0) is 4.74 Å². The average Bonchev–Trinajstić information content (AvgIpc) is 2.28. The van der Waals surface area contributed by atoms with Crippen LogP contribution < -0.4 is 11.1 Å². The van der Waals surface area contributed by atoms with Crippen LogP contribution in [0.25, 0.3) is 0 Å². The highest BCUT2D eigenvalue weighted by atomic mass is 16.6. The van der Waals surface area contributed by atoms with Crippen LogP contribution in [0.4, 0.5) is 17.3 Å². The van der Waals surface area contributed by atoms with Gasteiger partial charge >= 0.3 is 0 Å². The molecule has 0 aliphatic carbocycles. The SMILES string of the molecule is COCC(CCO)Nc1cc([N+](=O)[O-])cc(N)n1. The van der Waals surface area contributed by atoms with Gasteiger partial charge in [0.1, 0.15) is 11.6 Å². The molecule has 0 aliphatic heterocycles. The summed E-state index contributed by atoms with van der Waals surface area (Å²) in [6.45, 7) is 0.330. The highest BCUT2D eigenvalue weighted by Crippen LogP contribution is 2.19. The van der Waals surface area contributed by atoms with Gasteiger partial charge in [-0.15, -0.1) is 0 Å². The average molecular weight is 256 g/mol. The van der Waals surface area contributed by atoms with Crippen molar-refractivity contribution in [3.63, 3.8) is 0 Å². The molecule has 1 aromatic heterocycles. The number of aliphatic hydroxyl groups excluding tert-OH is 1. The lowest BCUT2D eigenvalue weighted by Crippen LogP contribution is -2.26. The fourth-order valence-electron chi connectivity index (χ4n) is 1.48. The lowest BCUT2D eigenvalue weighted by Gasteiger charge is -2.17. The molecular weight excluding hydrogens is 240 g/mol. The smallest absolute Gasteiger partial charge is 0.276 e. The number of rotatable bonds is 7. The Balaban J connectivity index is 2.84. The fourth-order valence-corrected chi connectivity index (χ4v) is 1.48. The van der Waals surface area contributed by atoms with E-state index < -0.39 is 4.92 Å². The molecule has 0 saturated heterocycles. The molecule has 0 bridgehead atoms. The summed E-state index contributed by atoms with van der Waals surface area (Å²) < 4.78 is 4.97. The third-order valence-corrected chi connectivity index (χ3v) is 2.24. The third-order valence-electron chi connectivity index (χ3n) is 2.24. The zero-order valence-corrected chi connectivity index (χ0v) is 10.00. The number of anilines is 2. The maximum absolute atomic E-state index is 10.7. The molecule has 1 atom stereocenters. The maximum Gasteiger partial charge on any atom is 0.276 e. The van der Waals surface area contributed by atoms with Crippen LogP contribution in [0.3, 0.4) is 0 Å². The van der Waals surface area contributed by atoms with Gasteiger partial charge in [0.05, 0.1) is 29.7 Å². The number of nitrogens with zero attached hydrogens (tertiary/aromatic N) is 2. The normalized spacial score (nSPS) is 12.1. The molecule has 18 heavy (non-hydrogen) atoms. The van der Waals surface area contributed by atoms with Crippen LogP contribution in [0.15, 0.2) is 12.1 Å². The summed E-state index contributed by atoms with van der Waals surface area (Å²) in [5.74, 6) is 0.351. The van der Waals surface area contributed by atoms with Crippen LogP contribution in [0.1, 0.15) is 6.42 Å². The molecule has 4 N–H and O–H groups in total. The highest BCUT2D eigenvalue weighted by Gasteiger charge is 2.13. The van der Waals surface area contributed by atoms with E-state index in [1.807, 2.05) is 0 Å². The summed E-state index contributed by atoms with van der Waals surface area (Å²) in [7, 11) is 1.53. The van der Waals surface area contributed by atoms with Gasteiger partial charge in [0.15, 0.2) is 0 Å². The van der Waals surface area contributed by atoms with Crippen LogP contribution in [-0.4, -0.2) is 41.4 Å². The minimum absolute atomic E-state index is 0.0224. The molecule has 1 unspecified atom stereocenters. The molecule has 0 radical (unpaired) electrons. The van der Waals surface area contributed by atoms with Gasteiger partial charge in [0, 0.05) is 13.7 Å². The Morgan fingerprint density at radius 3 is 2.94 bits per heavy atom. The Morgan fingerprint density at radius 1 is 1.67 bits per heavy atom. The van der Waals surface area contributed by atoms with E-state index in [0.717, 1.165) is 0 Å². The molecule has 0 aromatic carbocycles. The first-order valence-corrected chi connectivity index (χ1v) is 5.35. The Hall–Kier alpha value is -1.93. The predicted octanol–water partition coefficient (Wildman–Crippen LogP) is 0.381. The number of nitrogens with one attached hydrogen (secondary N) is 1. The first-order valence-electron chi connectivity index (χ1n) is 5.35. The van der Waals surface area contributed by atoms with Gasteiger partial charge in [0.2, 0.25) is 0 Å². The van der Waals surface area contributed by atoms with Crippen LogP contribution >= 0.6 is 0 Å². The lowest BCUT2D eigenvalue weighted by atomic mass is 10.2. The molecule has 1 heterocycles. The van der Waals surface area contributed by atoms with Crippen molar-refractivity contribution in [3.05, 3.63) is 22.2 Å². The Kier molecular flexibility index (Phi) is 5.28. The lowest BCUT2D eigenvalue weighted by molar-refractivity contribution is -0.384. The van der Waals surface area contributed by atoms with Crippen molar-refractivity contribution in [2.75, 3.05) is 31.4 Å². The van der Waals surface area contributed by atoms with Crippen molar-refractivity contribution in [2.24, 2.45) is 0 Å². The number of nitrogen functional groups attached to an aromatic ring is 1. The minimum atomic E-state index is -0.541. The zero-order chi connectivity index (χ0) is 13.5. The Labute approximate surface area is 104 Å². The molecule has 8 nitrogen and oxygen atoms in total. The minimum Gasteiger partial charge on any atom is -0.396 e. The molecule has 8 heteroatoms. The van der Waals surface area contributed by atoms with Crippen molar-refractivity contribution in [1.82, 2.24) is 4.98 Å². The number of aliphatic hydroxyl groups is 1. The van der Waals surface area contributed by atoms with Crippen molar-refractivity contribution in [3.8, 4) is 0 Å². The van der Waals surface area contributed by atoms with E-state index in [2.05, 4.69) is 10.3 Å². The molecule has 0 fully saturated rings. The number of methoxy groups -OCH3 is 1. The highest BCUT2D eigenvalue weighted by molar-refractivity contribution is 5.53. The van der Waals surface area contributed by atoms with Crippen LogP contribution in [0.2, 0.25) is 0 Å². The summed E-state index contributed by atoms with van der Waals surface area (Å²) >= 11 is 0. The quantitative estimate of drug-likeness (QED) is 0.476. The maximum atomic E-state index is 10.7. The number of hydrogen-bond donors (Lipinski definition) is 3. The van der Waals surface area contributed by atoms with Crippen LogP contribution in [0, 0.1) is 10.1 Å². The predicted molar refractivity (Wildman–Crippen MR) is 66.3 cm³/mol. The van der Waals surface area contributed by atoms with E-state index in [1.165, 1.54) is 19.2 Å². The zero-order valence-electron chi connectivity index (χ0n) is 10.00. The van der Waals surface area contributed by atoms with Crippen molar-refractivity contribution in [2.45, 2.75) is 12.5 Å². The Bertz CT molecular complexity index is 407. The molecule has 0 amide bonds. The number of aromatic nitrogens is 1. The second-order valence-corrected chi connectivity index (χ2v) is 3.70.